The number of hydrogen-bond acceptors (Lipinski definition) is 5. The minimum absolute atomic E-state index is 0.214. The molecule has 1 aliphatic carbocycles. The summed E-state index contributed by atoms with van der Waals surface area (Å²) in [7, 11) is 0. The highest BCUT2D eigenvalue weighted by atomic mass is 35.5. The minimum atomic E-state index is -0.236. The highest BCUT2D eigenvalue weighted by Crippen LogP contribution is 2.36. The Labute approximate surface area is 226 Å². The summed E-state index contributed by atoms with van der Waals surface area (Å²) in [5.74, 6) is 1.03. The summed E-state index contributed by atoms with van der Waals surface area (Å²) in [5, 5.41) is 5.46. The second-order valence-electron chi connectivity index (χ2n) is 11.3. The zero-order valence-corrected chi connectivity index (χ0v) is 22.9. The van der Waals surface area contributed by atoms with E-state index < -0.39 is 0 Å². The van der Waals surface area contributed by atoms with E-state index in [1.807, 2.05) is 36.2 Å². The van der Waals surface area contributed by atoms with Crippen LogP contribution >= 0.6 is 11.6 Å². The number of amides is 1. The van der Waals surface area contributed by atoms with Crippen molar-refractivity contribution in [2.24, 2.45) is 5.41 Å². The molecule has 1 atom stereocenters. The molecule has 8 heteroatoms. The lowest BCUT2D eigenvalue weighted by molar-refractivity contribution is -0.139. The number of aryl methyl sites for hydroxylation is 1. The summed E-state index contributed by atoms with van der Waals surface area (Å²) in [6.07, 6.45) is 13.2. The molecule has 1 saturated carbocycles. The minimum Gasteiger partial charge on any atom is -0.493 e. The lowest BCUT2D eigenvalue weighted by Crippen LogP contribution is -2.50. The third kappa shape index (κ3) is 6.87. The van der Waals surface area contributed by atoms with E-state index in [1.165, 1.54) is 37.7 Å². The molecular formula is C29H41ClN4O3. The average Bonchev–Trinajstić information content (AvgIpc) is 3.39. The van der Waals surface area contributed by atoms with Crippen molar-refractivity contribution in [3.05, 3.63) is 46.7 Å². The van der Waals surface area contributed by atoms with Gasteiger partial charge in [-0.3, -0.25) is 14.4 Å². The first-order chi connectivity index (χ1) is 18.0. The Balaban J connectivity index is 1.28. The van der Waals surface area contributed by atoms with Gasteiger partial charge in [0, 0.05) is 54.8 Å². The monoisotopic (exact) mass is 528 g/mol. The molecule has 0 spiro atoms. The fourth-order valence-corrected chi connectivity index (χ4v) is 6.33. The fourth-order valence-electron chi connectivity index (χ4n) is 6.21. The van der Waals surface area contributed by atoms with Crippen LogP contribution in [-0.2, 0) is 16.1 Å². The second-order valence-corrected chi connectivity index (χ2v) is 11.7. The van der Waals surface area contributed by atoms with Crippen molar-refractivity contribution in [2.45, 2.75) is 70.9 Å². The van der Waals surface area contributed by atoms with Crippen LogP contribution in [0.4, 0.5) is 0 Å². The summed E-state index contributed by atoms with van der Waals surface area (Å²) >= 11 is 6.23. The quantitative estimate of drug-likeness (QED) is 0.467. The van der Waals surface area contributed by atoms with E-state index in [-0.39, 0.29) is 11.3 Å². The zero-order chi connectivity index (χ0) is 25.7. The van der Waals surface area contributed by atoms with Gasteiger partial charge in [0.1, 0.15) is 5.75 Å². The van der Waals surface area contributed by atoms with Gasteiger partial charge in [-0.2, -0.15) is 5.10 Å². The largest absolute Gasteiger partial charge is 0.493 e. The van der Waals surface area contributed by atoms with E-state index in [1.54, 1.807) is 0 Å². The van der Waals surface area contributed by atoms with Crippen LogP contribution in [0.1, 0.15) is 68.5 Å². The number of aromatic nitrogens is 2. The van der Waals surface area contributed by atoms with E-state index in [2.05, 4.69) is 15.8 Å². The number of nitrogens with zero attached hydrogens (tertiary/aromatic N) is 4. The van der Waals surface area contributed by atoms with Gasteiger partial charge in [-0.25, -0.2) is 0 Å². The second kappa shape index (κ2) is 12.2. The van der Waals surface area contributed by atoms with Crippen LogP contribution in [0.5, 0.6) is 5.75 Å². The van der Waals surface area contributed by atoms with Crippen molar-refractivity contribution in [3.63, 3.8) is 0 Å². The average molecular weight is 529 g/mol. The Morgan fingerprint density at radius 2 is 1.97 bits per heavy atom. The van der Waals surface area contributed by atoms with Gasteiger partial charge >= 0.3 is 0 Å². The van der Waals surface area contributed by atoms with Crippen molar-refractivity contribution in [1.29, 1.82) is 0 Å². The SMILES string of the molecule is Cc1cc(OC[C@@]2(CC(=O)N3CCOCC3)CCCN(Cc3cnn(C4CCCCC4)c3)C2)ccc1Cl. The summed E-state index contributed by atoms with van der Waals surface area (Å²) in [4.78, 5) is 17.8. The van der Waals surface area contributed by atoms with E-state index >= 15 is 0 Å². The van der Waals surface area contributed by atoms with Gasteiger partial charge in [-0.15, -0.1) is 0 Å². The molecule has 2 saturated heterocycles. The van der Waals surface area contributed by atoms with Gasteiger partial charge in [-0.05, 0) is 62.9 Å². The number of likely N-dealkylation sites (tertiary alicyclic amines) is 1. The molecule has 1 aromatic carbocycles. The fraction of sp³-hybridized carbons (Fsp3) is 0.655. The van der Waals surface area contributed by atoms with Crippen LogP contribution < -0.4 is 4.74 Å². The summed E-state index contributed by atoms with van der Waals surface area (Å²) in [5.41, 5.74) is 2.02. The number of morpholine rings is 1. The first-order valence-electron chi connectivity index (χ1n) is 14.0. The maximum Gasteiger partial charge on any atom is 0.223 e. The smallest absolute Gasteiger partial charge is 0.223 e. The number of rotatable bonds is 8. The molecule has 1 amide bonds. The van der Waals surface area contributed by atoms with Crippen molar-refractivity contribution in [1.82, 2.24) is 19.6 Å². The number of hydrogen-bond donors (Lipinski definition) is 0. The molecule has 3 heterocycles. The molecule has 2 aromatic rings. The Hall–Kier alpha value is -2.09. The highest BCUT2D eigenvalue weighted by molar-refractivity contribution is 6.31. The predicted molar refractivity (Wildman–Crippen MR) is 145 cm³/mol. The van der Waals surface area contributed by atoms with Crippen LogP contribution in [0.3, 0.4) is 0 Å². The number of carbonyl (C=O) groups excluding carboxylic acids is 1. The van der Waals surface area contributed by atoms with Crippen molar-refractivity contribution >= 4 is 17.5 Å². The van der Waals surface area contributed by atoms with Gasteiger partial charge in [-0.1, -0.05) is 30.9 Å². The molecular weight excluding hydrogens is 488 g/mol. The molecule has 5 rings (SSSR count). The maximum atomic E-state index is 13.4. The third-order valence-electron chi connectivity index (χ3n) is 8.31. The highest BCUT2D eigenvalue weighted by Gasteiger charge is 2.40. The third-order valence-corrected chi connectivity index (χ3v) is 8.74. The molecule has 7 nitrogen and oxygen atoms in total. The van der Waals surface area contributed by atoms with Gasteiger partial charge in [0.2, 0.25) is 5.91 Å². The molecule has 202 valence electrons. The number of carbonyl (C=O) groups is 1. The zero-order valence-electron chi connectivity index (χ0n) is 22.2. The van der Waals surface area contributed by atoms with Crippen LogP contribution in [0.2, 0.25) is 5.02 Å². The first-order valence-corrected chi connectivity index (χ1v) is 14.4. The number of benzene rings is 1. The van der Waals surface area contributed by atoms with Gasteiger partial charge in [0.25, 0.3) is 0 Å². The Morgan fingerprint density at radius 1 is 1.16 bits per heavy atom. The summed E-state index contributed by atoms with van der Waals surface area (Å²) in [6.45, 7) is 7.83. The van der Waals surface area contributed by atoms with E-state index in [9.17, 15) is 4.79 Å². The molecule has 0 bridgehead atoms. The lowest BCUT2D eigenvalue weighted by atomic mass is 9.77. The molecule has 0 unspecified atom stereocenters. The van der Waals surface area contributed by atoms with Crippen molar-refractivity contribution in [3.8, 4) is 5.75 Å². The molecule has 3 aliphatic rings. The predicted octanol–water partition coefficient (Wildman–Crippen LogP) is 5.26. The van der Waals surface area contributed by atoms with Gasteiger partial charge in [0.05, 0.1) is 32.1 Å². The van der Waals surface area contributed by atoms with Crippen molar-refractivity contribution < 1.29 is 14.3 Å². The maximum absolute atomic E-state index is 13.4. The van der Waals surface area contributed by atoms with Crippen LogP contribution in [0.15, 0.2) is 30.6 Å². The first kappa shape index (κ1) is 26.5. The number of ether oxygens (including phenoxy) is 2. The topological polar surface area (TPSA) is 59.8 Å². The molecule has 2 aliphatic heterocycles. The van der Waals surface area contributed by atoms with Crippen LogP contribution in [0.25, 0.3) is 0 Å². The normalized spacial score (nSPS) is 23.8. The summed E-state index contributed by atoms with van der Waals surface area (Å²) in [6, 6.07) is 6.34. The Kier molecular flexibility index (Phi) is 8.73. The molecule has 0 N–H and O–H groups in total. The lowest BCUT2D eigenvalue weighted by Gasteiger charge is -2.43. The van der Waals surface area contributed by atoms with Crippen LogP contribution in [0, 0.1) is 12.3 Å². The molecule has 0 radical (unpaired) electrons. The van der Waals surface area contributed by atoms with Gasteiger partial charge in [0.15, 0.2) is 0 Å². The van der Waals surface area contributed by atoms with E-state index in [4.69, 9.17) is 26.2 Å². The van der Waals surface area contributed by atoms with E-state index in [0.29, 0.717) is 45.4 Å². The molecule has 1 aromatic heterocycles. The Bertz CT molecular complexity index is 1050. The molecule has 37 heavy (non-hydrogen) atoms. The van der Waals surface area contributed by atoms with Crippen molar-refractivity contribution in [2.75, 3.05) is 46.0 Å². The van der Waals surface area contributed by atoms with E-state index in [0.717, 1.165) is 48.8 Å². The number of halogens is 1. The standard InChI is InChI=1S/C29H41ClN4O3/c1-23-16-26(8-9-27(23)30)37-22-29(17-28(35)33-12-14-36-15-13-33)10-5-11-32(21-29)19-24-18-31-34(20-24)25-6-3-2-4-7-25/h8-9,16,18,20,25H,2-7,10-15,17,19,21-22H2,1H3/t29-/m1/s1. The molecule has 3 fully saturated rings. The van der Waals surface area contributed by atoms with Crippen LogP contribution in [-0.4, -0.2) is 71.5 Å². The van der Waals surface area contributed by atoms with Gasteiger partial charge < -0.3 is 14.4 Å². The number of piperidine rings is 1. The Morgan fingerprint density at radius 3 is 2.76 bits per heavy atom. The summed E-state index contributed by atoms with van der Waals surface area (Å²) < 4.78 is 14.0.